The maximum absolute atomic E-state index is 12.2. The van der Waals surface area contributed by atoms with Crippen LogP contribution in [0.2, 0.25) is 5.02 Å². The molecule has 1 amide bonds. The smallest absolute Gasteiger partial charge is 0.257 e. The maximum Gasteiger partial charge on any atom is 0.257 e. The minimum atomic E-state index is -0.239. The molecule has 1 aromatic carbocycles. The number of carbonyl (C=O) groups is 1. The summed E-state index contributed by atoms with van der Waals surface area (Å²) in [6.07, 6.45) is 10.1. The van der Waals surface area contributed by atoms with E-state index in [4.69, 9.17) is 11.6 Å². The van der Waals surface area contributed by atoms with Crippen molar-refractivity contribution in [1.29, 1.82) is 0 Å². The van der Waals surface area contributed by atoms with Crippen LogP contribution in [-0.2, 0) is 0 Å². The number of aromatic nitrogens is 1. The number of benzene rings is 1. The summed E-state index contributed by atoms with van der Waals surface area (Å²) in [7, 11) is 0. The van der Waals surface area contributed by atoms with Crippen LogP contribution in [0, 0.1) is 0 Å². The van der Waals surface area contributed by atoms with Gasteiger partial charge in [0.05, 0.1) is 22.5 Å². The highest BCUT2D eigenvalue weighted by Gasteiger charge is 2.10. The lowest BCUT2D eigenvalue weighted by Gasteiger charge is -2.13. The number of amides is 1. The third kappa shape index (κ3) is 5.07. The molecule has 0 bridgehead atoms. The van der Waals surface area contributed by atoms with Crippen LogP contribution in [0.15, 0.2) is 54.2 Å². The van der Waals surface area contributed by atoms with Crippen molar-refractivity contribution in [3.63, 3.8) is 0 Å². The van der Waals surface area contributed by atoms with Crippen LogP contribution in [0.4, 0.5) is 11.5 Å². The second kappa shape index (κ2) is 8.67. The molecular formula is C20H22ClN3O. The van der Waals surface area contributed by atoms with Gasteiger partial charge in [-0.15, -0.1) is 0 Å². The minimum Gasteiger partial charge on any atom is -0.370 e. The molecule has 0 unspecified atom stereocenters. The van der Waals surface area contributed by atoms with E-state index >= 15 is 0 Å². The molecule has 1 heterocycles. The Morgan fingerprint density at radius 2 is 2.04 bits per heavy atom. The summed E-state index contributed by atoms with van der Waals surface area (Å²) in [5.74, 6) is 0.574. The van der Waals surface area contributed by atoms with Crippen LogP contribution in [-0.4, -0.2) is 17.4 Å². The number of allylic oxidation sites excluding steroid dienone is 1. The highest BCUT2D eigenvalue weighted by atomic mass is 35.5. The van der Waals surface area contributed by atoms with Crippen LogP contribution < -0.4 is 10.6 Å². The van der Waals surface area contributed by atoms with Crippen molar-refractivity contribution in [3.05, 3.63) is 64.8 Å². The first kappa shape index (κ1) is 17.5. The Hall–Kier alpha value is -2.33. The van der Waals surface area contributed by atoms with Gasteiger partial charge in [0.2, 0.25) is 0 Å². The zero-order valence-electron chi connectivity index (χ0n) is 14.1. The Morgan fingerprint density at radius 3 is 2.76 bits per heavy atom. The van der Waals surface area contributed by atoms with E-state index in [0.717, 1.165) is 18.8 Å². The van der Waals surface area contributed by atoms with Gasteiger partial charge in [-0.1, -0.05) is 35.4 Å². The first-order valence-electron chi connectivity index (χ1n) is 8.66. The minimum absolute atomic E-state index is 0.239. The van der Waals surface area contributed by atoms with Gasteiger partial charge < -0.3 is 10.6 Å². The number of rotatable bonds is 6. The lowest BCUT2D eigenvalue weighted by atomic mass is 9.97. The topological polar surface area (TPSA) is 54.0 Å². The quantitative estimate of drug-likeness (QED) is 0.692. The summed E-state index contributed by atoms with van der Waals surface area (Å²) in [5.41, 5.74) is 2.64. The molecule has 2 aromatic rings. The highest BCUT2D eigenvalue weighted by Crippen LogP contribution is 2.20. The average Bonchev–Trinajstić information content (AvgIpc) is 2.64. The van der Waals surface area contributed by atoms with Gasteiger partial charge >= 0.3 is 0 Å². The Balaban J connectivity index is 1.51. The van der Waals surface area contributed by atoms with Crippen molar-refractivity contribution < 1.29 is 4.79 Å². The zero-order valence-corrected chi connectivity index (χ0v) is 14.9. The Kier molecular flexibility index (Phi) is 6.07. The number of carbonyl (C=O) groups excluding carboxylic acids is 1. The monoisotopic (exact) mass is 355 g/mol. The molecule has 0 fully saturated rings. The molecule has 2 N–H and O–H groups in total. The van der Waals surface area contributed by atoms with Gasteiger partial charge in [0.15, 0.2) is 0 Å². The number of anilines is 2. The summed E-state index contributed by atoms with van der Waals surface area (Å²) in [4.78, 5) is 16.6. The van der Waals surface area contributed by atoms with E-state index in [0.29, 0.717) is 16.3 Å². The van der Waals surface area contributed by atoms with Gasteiger partial charge in [0, 0.05) is 6.54 Å². The van der Waals surface area contributed by atoms with Gasteiger partial charge in [0.1, 0.15) is 5.82 Å². The number of hydrogen-bond acceptors (Lipinski definition) is 3. The summed E-state index contributed by atoms with van der Waals surface area (Å²) in [6, 6.07) is 10.7. The van der Waals surface area contributed by atoms with Gasteiger partial charge in [-0.25, -0.2) is 4.98 Å². The van der Waals surface area contributed by atoms with E-state index in [-0.39, 0.29) is 5.91 Å². The summed E-state index contributed by atoms with van der Waals surface area (Å²) >= 11 is 6.04. The van der Waals surface area contributed by atoms with Gasteiger partial charge in [0.25, 0.3) is 5.91 Å². The molecule has 130 valence electrons. The van der Waals surface area contributed by atoms with Gasteiger partial charge in [-0.05, 0) is 56.4 Å². The molecule has 4 nitrogen and oxygen atoms in total. The second-order valence-corrected chi connectivity index (χ2v) is 6.56. The molecule has 1 aromatic heterocycles. The predicted molar refractivity (Wildman–Crippen MR) is 103 cm³/mol. The molecule has 0 saturated carbocycles. The predicted octanol–water partition coefficient (Wildman–Crippen LogP) is 5.29. The Bertz CT molecular complexity index is 756. The molecule has 3 rings (SSSR count). The SMILES string of the molecule is O=C(Nc1ccc(NCCC2=CCCCC2)nc1)c1ccccc1Cl. The van der Waals surface area contributed by atoms with E-state index in [1.807, 2.05) is 12.1 Å². The van der Waals surface area contributed by atoms with Crippen LogP contribution in [0.5, 0.6) is 0 Å². The molecule has 0 aliphatic heterocycles. The summed E-state index contributed by atoms with van der Waals surface area (Å²) in [6.45, 7) is 0.879. The van der Waals surface area contributed by atoms with Crippen LogP contribution in [0.25, 0.3) is 0 Å². The van der Waals surface area contributed by atoms with E-state index in [1.165, 1.54) is 25.7 Å². The molecule has 0 atom stereocenters. The summed E-state index contributed by atoms with van der Waals surface area (Å²) in [5, 5.41) is 6.57. The van der Waals surface area contributed by atoms with Crippen molar-refractivity contribution in [2.45, 2.75) is 32.1 Å². The van der Waals surface area contributed by atoms with E-state index < -0.39 is 0 Å². The first-order chi connectivity index (χ1) is 12.2. The van der Waals surface area contributed by atoms with Crippen molar-refractivity contribution in [3.8, 4) is 0 Å². The molecular weight excluding hydrogens is 334 g/mol. The number of pyridine rings is 1. The number of nitrogens with one attached hydrogen (secondary N) is 2. The first-order valence-corrected chi connectivity index (χ1v) is 9.04. The fourth-order valence-electron chi connectivity index (χ4n) is 2.90. The lowest BCUT2D eigenvalue weighted by molar-refractivity contribution is 0.102. The van der Waals surface area contributed by atoms with Crippen molar-refractivity contribution in [2.75, 3.05) is 17.2 Å². The largest absolute Gasteiger partial charge is 0.370 e. The van der Waals surface area contributed by atoms with Crippen LogP contribution in [0.1, 0.15) is 42.5 Å². The van der Waals surface area contributed by atoms with Crippen molar-refractivity contribution in [2.24, 2.45) is 0 Å². The fraction of sp³-hybridized carbons (Fsp3) is 0.300. The van der Waals surface area contributed by atoms with Gasteiger partial charge in [-0.2, -0.15) is 0 Å². The molecule has 5 heteroatoms. The highest BCUT2D eigenvalue weighted by molar-refractivity contribution is 6.34. The standard InChI is InChI=1S/C20H22ClN3O/c21-18-9-5-4-8-17(18)20(25)24-16-10-11-19(23-14-16)22-13-12-15-6-2-1-3-7-15/h4-6,8-11,14H,1-3,7,12-13H2,(H,22,23)(H,24,25). The van der Waals surface area contributed by atoms with Crippen molar-refractivity contribution >= 4 is 29.0 Å². The molecule has 0 spiro atoms. The van der Waals surface area contributed by atoms with Gasteiger partial charge in [-0.3, -0.25) is 4.79 Å². The third-order valence-electron chi connectivity index (χ3n) is 4.28. The number of halogens is 1. The Labute approximate surface area is 153 Å². The lowest BCUT2D eigenvalue weighted by Crippen LogP contribution is -2.13. The molecule has 0 saturated heterocycles. The zero-order chi connectivity index (χ0) is 17.5. The molecule has 25 heavy (non-hydrogen) atoms. The number of hydrogen-bond donors (Lipinski definition) is 2. The molecule has 0 radical (unpaired) electrons. The van der Waals surface area contributed by atoms with Crippen molar-refractivity contribution in [1.82, 2.24) is 4.98 Å². The van der Waals surface area contributed by atoms with E-state index in [2.05, 4.69) is 21.7 Å². The third-order valence-corrected chi connectivity index (χ3v) is 4.61. The summed E-state index contributed by atoms with van der Waals surface area (Å²) < 4.78 is 0. The van der Waals surface area contributed by atoms with E-state index in [1.54, 1.807) is 36.0 Å². The van der Waals surface area contributed by atoms with E-state index in [9.17, 15) is 4.79 Å². The number of nitrogens with zero attached hydrogens (tertiary/aromatic N) is 1. The fourth-order valence-corrected chi connectivity index (χ4v) is 3.12. The van der Waals surface area contributed by atoms with Crippen LogP contribution >= 0.6 is 11.6 Å². The average molecular weight is 356 g/mol. The van der Waals surface area contributed by atoms with Crippen LogP contribution in [0.3, 0.4) is 0 Å². The second-order valence-electron chi connectivity index (χ2n) is 6.15. The maximum atomic E-state index is 12.2. The molecule has 1 aliphatic carbocycles. The normalized spacial score (nSPS) is 13.9. The Morgan fingerprint density at radius 1 is 1.16 bits per heavy atom. The molecule has 1 aliphatic rings.